The summed E-state index contributed by atoms with van der Waals surface area (Å²) >= 11 is 0. The lowest BCUT2D eigenvalue weighted by atomic mass is 9.89. The predicted molar refractivity (Wildman–Crippen MR) is 171 cm³/mol. The molecule has 2 saturated heterocycles. The Kier molecular flexibility index (Phi) is 9.19. The highest BCUT2D eigenvalue weighted by atomic mass is 16.6. The molecular formula is C36H40N4O3. The van der Waals surface area contributed by atoms with E-state index in [9.17, 15) is 4.79 Å². The molecule has 2 N–H and O–H groups in total. The Bertz CT molecular complexity index is 1480. The van der Waals surface area contributed by atoms with Crippen molar-refractivity contribution in [1.82, 2.24) is 15.2 Å². The van der Waals surface area contributed by atoms with Crippen LogP contribution in [0.5, 0.6) is 5.75 Å². The third-order valence-corrected chi connectivity index (χ3v) is 8.56. The molecular weight excluding hydrogens is 536 g/mol. The molecule has 0 bridgehead atoms. The number of aromatic nitrogens is 1. The van der Waals surface area contributed by atoms with E-state index in [-0.39, 0.29) is 6.09 Å². The summed E-state index contributed by atoms with van der Waals surface area (Å²) in [6, 6.07) is 31.5. The summed E-state index contributed by atoms with van der Waals surface area (Å²) in [5.41, 5.74) is 7.44. The van der Waals surface area contributed by atoms with Gasteiger partial charge in [-0.2, -0.15) is 0 Å². The van der Waals surface area contributed by atoms with Crippen LogP contribution in [-0.4, -0.2) is 55.3 Å². The molecule has 0 saturated carbocycles. The van der Waals surface area contributed by atoms with Gasteiger partial charge in [0.15, 0.2) is 0 Å². The van der Waals surface area contributed by atoms with Gasteiger partial charge < -0.3 is 25.0 Å². The number of anilines is 1. The molecule has 0 atom stereocenters. The van der Waals surface area contributed by atoms with Gasteiger partial charge in [0.2, 0.25) is 0 Å². The standard InChI is InChI=1S/C36H40N4O3/c1-42-33-13-11-30(12-14-33)35-24-32(38-31-15-19-37-20-16-31)23-34(39-35)29-9-7-27(8-10-29)28-17-21-40(22-18-28)36(41)43-25-26-5-3-2-4-6-26/h2-14,23-24,28,31,37H,15-22,25H2,1H3,(H,38,39). The molecule has 222 valence electrons. The van der Waals surface area contributed by atoms with E-state index >= 15 is 0 Å². The summed E-state index contributed by atoms with van der Waals surface area (Å²) in [5.74, 6) is 1.25. The average Bonchev–Trinajstić information content (AvgIpc) is 3.08. The van der Waals surface area contributed by atoms with E-state index in [2.05, 4.69) is 59.2 Å². The second kappa shape index (κ2) is 13.7. The summed E-state index contributed by atoms with van der Waals surface area (Å²) in [5, 5.41) is 7.22. The molecule has 7 heteroatoms. The molecule has 2 fully saturated rings. The lowest BCUT2D eigenvalue weighted by molar-refractivity contribution is 0.0870. The van der Waals surface area contributed by atoms with Gasteiger partial charge in [0.05, 0.1) is 18.5 Å². The van der Waals surface area contributed by atoms with Gasteiger partial charge in [0.1, 0.15) is 12.4 Å². The number of carbonyl (C=O) groups excluding carboxylic acids is 1. The third-order valence-electron chi connectivity index (χ3n) is 8.56. The molecule has 2 aliphatic heterocycles. The maximum absolute atomic E-state index is 12.6. The smallest absolute Gasteiger partial charge is 0.410 e. The van der Waals surface area contributed by atoms with Gasteiger partial charge >= 0.3 is 6.09 Å². The van der Waals surface area contributed by atoms with E-state index in [1.807, 2.05) is 47.4 Å². The molecule has 6 rings (SSSR count). The number of amides is 1. The number of methoxy groups -OCH3 is 1. The second-order valence-corrected chi connectivity index (χ2v) is 11.4. The van der Waals surface area contributed by atoms with E-state index < -0.39 is 0 Å². The number of piperidine rings is 2. The normalized spacial score (nSPS) is 16.1. The van der Waals surface area contributed by atoms with Crippen LogP contribution in [0.2, 0.25) is 0 Å². The zero-order valence-electron chi connectivity index (χ0n) is 24.8. The number of hydrogen-bond acceptors (Lipinski definition) is 6. The monoisotopic (exact) mass is 576 g/mol. The second-order valence-electron chi connectivity index (χ2n) is 11.4. The quantitative estimate of drug-likeness (QED) is 0.233. The number of hydrogen-bond donors (Lipinski definition) is 2. The molecule has 1 amide bonds. The molecule has 2 aliphatic rings. The van der Waals surface area contributed by atoms with Crippen LogP contribution in [0.4, 0.5) is 10.5 Å². The number of benzene rings is 3. The minimum absolute atomic E-state index is 0.227. The molecule has 43 heavy (non-hydrogen) atoms. The van der Waals surface area contributed by atoms with E-state index in [1.165, 1.54) is 5.56 Å². The Labute approximate surface area is 254 Å². The van der Waals surface area contributed by atoms with Gasteiger partial charge in [0, 0.05) is 35.9 Å². The first-order valence-electron chi connectivity index (χ1n) is 15.3. The van der Waals surface area contributed by atoms with Crippen molar-refractivity contribution in [2.45, 2.75) is 44.2 Å². The number of ether oxygens (including phenoxy) is 2. The maximum Gasteiger partial charge on any atom is 0.410 e. The zero-order valence-corrected chi connectivity index (χ0v) is 24.8. The Morgan fingerprint density at radius 3 is 2.12 bits per heavy atom. The van der Waals surface area contributed by atoms with Crippen molar-refractivity contribution in [3.8, 4) is 28.3 Å². The fraction of sp³-hybridized carbons (Fsp3) is 0.333. The van der Waals surface area contributed by atoms with Crippen molar-refractivity contribution >= 4 is 11.8 Å². The Morgan fingerprint density at radius 2 is 1.49 bits per heavy atom. The van der Waals surface area contributed by atoms with Gasteiger partial charge in [-0.05, 0) is 92.2 Å². The van der Waals surface area contributed by atoms with Crippen LogP contribution in [0.3, 0.4) is 0 Å². The maximum atomic E-state index is 12.6. The molecule has 1 aromatic heterocycles. The molecule has 3 heterocycles. The van der Waals surface area contributed by atoms with Crippen LogP contribution in [0.15, 0.2) is 91.0 Å². The minimum Gasteiger partial charge on any atom is -0.497 e. The number of likely N-dealkylation sites (tertiary alicyclic amines) is 1. The van der Waals surface area contributed by atoms with Crippen LogP contribution in [-0.2, 0) is 11.3 Å². The fourth-order valence-electron chi connectivity index (χ4n) is 6.01. The van der Waals surface area contributed by atoms with Gasteiger partial charge in [0.25, 0.3) is 0 Å². The third kappa shape index (κ3) is 7.35. The van der Waals surface area contributed by atoms with Crippen LogP contribution < -0.4 is 15.4 Å². The van der Waals surface area contributed by atoms with Gasteiger partial charge in [-0.15, -0.1) is 0 Å². The summed E-state index contributed by atoms with van der Waals surface area (Å²) in [6.45, 7) is 3.80. The highest BCUT2D eigenvalue weighted by Gasteiger charge is 2.25. The van der Waals surface area contributed by atoms with Crippen LogP contribution in [0.25, 0.3) is 22.5 Å². The average molecular weight is 577 g/mol. The Balaban J connectivity index is 1.13. The van der Waals surface area contributed by atoms with Crippen molar-refractivity contribution < 1.29 is 14.3 Å². The number of pyridine rings is 1. The first-order valence-corrected chi connectivity index (χ1v) is 15.3. The zero-order chi connectivity index (χ0) is 29.4. The van der Waals surface area contributed by atoms with Crippen molar-refractivity contribution in [2.24, 2.45) is 0 Å². The van der Waals surface area contributed by atoms with E-state index in [0.717, 1.165) is 78.3 Å². The van der Waals surface area contributed by atoms with Gasteiger partial charge in [-0.3, -0.25) is 0 Å². The van der Waals surface area contributed by atoms with E-state index in [4.69, 9.17) is 14.5 Å². The molecule has 0 spiro atoms. The summed E-state index contributed by atoms with van der Waals surface area (Å²) in [6.07, 6.45) is 3.83. The van der Waals surface area contributed by atoms with E-state index in [0.29, 0.717) is 31.7 Å². The number of carbonyl (C=O) groups is 1. The summed E-state index contributed by atoms with van der Waals surface area (Å²) < 4.78 is 10.9. The molecule has 7 nitrogen and oxygen atoms in total. The first-order chi connectivity index (χ1) is 21.1. The minimum atomic E-state index is -0.227. The van der Waals surface area contributed by atoms with Crippen molar-refractivity contribution in [1.29, 1.82) is 0 Å². The predicted octanol–water partition coefficient (Wildman–Crippen LogP) is 7.10. The van der Waals surface area contributed by atoms with Crippen LogP contribution >= 0.6 is 0 Å². The van der Waals surface area contributed by atoms with Gasteiger partial charge in [-0.1, -0.05) is 54.6 Å². The van der Waals surface area contributed by atoms with Gasteiger partial charge in [-0.25, -0.2) is 9.78 Å². The largest absolute Gasteiger partial charge is 0.497 e. The van der Waals surface area contributed by atoms with Crippen molar-refractivity contribution in [2.75, 3.05) is 38.6 Å². The highest BCUT2D eigenvalue weighted by Crippen LogP contribution is 2.32. The lowest BCUT2D eigenvalue weighted by Gasteiger charge is -2.31. The molecule has 0 unspecified atom stereocenters. The summed E-state index contributed by atoms with van der Waals surface area (Å²) in [7, 11) is 1.68. The SMILES string of the molecule is COc1ccc(-c2cc(NC3CCNCC3)cc(-c3ccc(C4CCN(C(=O)OCc5ccccc5)CC4)cc3)n2)cc1. The topological polar surface area (TPSA) is 75.7 Å². The van der Waals surface area contributed by atoms with E-state index in [1.54, 1.807) is 7.11 Å². The van der Waals surface area contributed by atoms with Crippen molar-refractivity contribution in [3.63, 3.8) is 0 Å². The molecule has 0 aliphatic carbocycles. The Hall–Kier alpha value is -4.36. The lowest BCUT2D eigenvalue weighted by Crippen LogP contribution is -2.38. The molecule has 3 aromatic carbocycles. The molecule has 4 aromatic rings. The Morgan fingerprint density at radius 1 is 0.860 bits per heavy atom. The number of nitrogens with zero attached hydrogens (tertiary/aromatic N) is 2. The fourth-order valence-corrected chi connectivity index (χ4v) is 6.01. The molecule has 0 radical (unpaired) electrons. The van der Waals surface area contributed by atoms with Crippen LogP contribution in [0.1, 0.15) is 42.7 Å². The number of rotatable bonds is 8. The van der Waals surface area contributed by atoms with Crippen molar-refractivity contribution in [3.05, 3.63) is 102 Å². The summed E-state index contributed by atoms with van der Waals surface area (Å²) in [4.78, 5) is 19.5. The van der Waals surface area contributed by atoms with Crippen LogP contribution in [0, 0.1) is 0 Å². The first kappa shape index (κ1) is 28.7. The highest BCUT2D eigenvalue weighted by molar-refractivity contribution is 5.73. The number of nitrogens with one attached hydrogen (secondary N) is 2.